The van der Waals surface area contributed by atoms with Gasteiger partial charge in [0.1, 0.15) is 5.75 Å². The minimum atomic E-state index is -0.540. The summed E-state index contributed by atoms with van der Waals surface area (Å²) in [5.41, 5.74) is 6.12. The van der Waals surface area contributed by atoms with E-state index in [-0.39, 0.29) is 37.2 Å². The Hall–Kier alpha value is -2.36. The summed E-state index contributed by atoms with van der Waals surface area (Å²) >= 11 is 0. The Kier molecular flexibility index (Phi) is 8.83. The summed E-state index contributed by atoms with van der Waals surface area (Å²) in [5.74, 6) is -0.187. The number of nitrogens with one attached hydrogen (secondary N) is 2. The molecule has 1 heterocycles. The van der Waals surface area contributed by atoms with E-state index in [1.807, 2.05) is 0 Å². The van der Waals surface area contributed by atoms with Crippen molar-refractivity contribution in [2.24, 2.45) is 5.73 Å². The van der Waals surface area contributed by atoms with Gasteiger partial charge < -0.3 is 20.5 Å². The molecule has 0 bridgehead atoms. The van der Waals surface area contributed by atoms with E-state index in [0.717, 1.165) is 0 Å². The van der Waals surface area contributed by atoms with Crippen LogP contribution in [0.4, 0.5) is 10.5 Å². The van der Waals surface area contributed by atoms with Gasteiger partial charge in [-0.1, -0.05) is 0 Å². The normalized spacial score (nSPS) is 13.7. The van der Waals surface area contributed by atoms with E-state index in [1.54, 1.807) is 18.2 Å². The third-order valence-electron chi connectivity index (χ3n) is 3.58. The van der Waals surface area contributed by atoms with Gasteiger partial charge in [0.15, 0.2) is 0 Å². The first-order chi connectivity index (χ1) is 12.1. The van der Waals surface area contributed by atoms with Crippen molar-refractivity contribution in [1.29, 1.82) is 0 Å². The largest absolute Gasteiger partial charge is 0.495 e. The van der Waals surface area contributed by atoms with Crippen LogP contribution in [0.15, 0.2) is 18.2 Å². The van der Waals surface area contributed by atoms with Gasteiger partial charge in [0.05, 0.1) is 26.0 Å². The van der Waals surface area contributed by atoms with Crippen LogP contribution in [-0.4, -0.2) is 57.8 Å². The second kappa shape index (κ2) is 10.6. The smallest absolute Gasteiger partial charge is 0.328 e. The van der Waals surface area contributed by atoms with Gasteiger partial charge in [-0.2, -0.15) is 0 Å². The van der Waals surface area contributed by atoms with Gasteiger partial charge in [0, 0.05) is 31.6 Å². The summed E-state index contributed by atoms with van der Waals surface area (Å²) in [7, 11) is 1.47. The maximum atomic E-state index is 12.2. The van der Waals surface area contributed by atoms with Crippen LogP contribution < -0.4 is 26.0 Å². The van der Waals surface area contributed by atoms with Crippen molar-refractivity contribution >= 4 is 35.9 Å². The number of amides is 4. The number of carbonyl (C=O) groups is 3. The minimum Gasteiger partial charge on any atom is -0.495 e. The van der Waals surface area contributed by atoms with Crippen molar-refractivity contribution in [3.05, 3.63) is 23.8 Å². The molecule has 1 aliphatic rings. The van der Waals surface area contributed by atoms with Crippen molar-refractivity contribution in [3.8, 4) is 5.75 Å². The molecule has 1 saturated heterocycles. The number of imide groups is 1. The fourth-order valence-electron chi connectivity index (χ4n) is 2.36. The first kappa shape index (κ1) is 21.7. The highest BCUT2D eigenvalue weighted by Gasteiger charge is 2.27. The van der Waals surface area contributed by atoms with Crippen LogP contribution in [0.3, 0.4) is 0 Å². The Morgan fingerprint density at radius 3 is 2.77 bits per heavy atom. The number of rotatable bonds is 8. The quantitative estimate of drug-likeness (QED) is 0.551. The Balaban J connectivity index is 0.00000338. The van der Waals surface area contributed by atoms with Gasteiger partial charge in [-0.05, 0) is 18.2 Å². The summed E-state index contributed by atoms with van der Waals surface area (Å²) in [6, 6.07) is 4.23. The zero-order valence-corrected chi connectivity index (χ0v) is 15.3. The van der Waals surface area contributed by atoms with Crippen LogP contribution in [0.1, 0.15) is 16.8 Å². The lowest BCUT2D eigenvalue weighted by atomic mass is 10.1. The van der Waals surface area contributed by atoms with E-state index in [9.17, 15) is 14.4 Å². The maximum absolute atomic E-state index is 12.2. The number of urea groups is 1. The second-order valence-electron chi connectivity index (χ2n) is 5.30. The zero-order valence-electron chi connectivity index (χ0n) is 14.4. The number of ether oxygens (including phenoxy) is 2. The summed E-state index contributed by atoms with van der Waals surface area (Å²) in [6.45, 7) is 1.79. The molecule has 144 valence electrons. The van der Waals surface area contributed by atoms with Gasteiger partial charge in [-0.25, -0.2) is 4.79 Å². The van der Waals surface area contributed by atoms with Crippen LogP contribution in [0.2, 0.25) is 0 Å². The van der Waals surface area contributed by atoms with E-state index in [1.165, 1.54) is 12.0 Å². The molecule has 0 aliphatic carbocycles. The Morgan fingerprint density at radius 1 is 1.35 bits per heavy atom. The molecule has 26 heavy (non-hydrogen) atoms. The van der Waals surface area contributed by atoms with E-state index in [4.69, 9.17) is 15.2 Å². The third-order valence-corrected chi connectivity index (χ3v) is 3.58. The van der Waals surface area contributed by atoms with Crippen LogP contribution >= 0.6 is 12.4 Å². The molecule has 0 spiro atoms. The monoisotopic (exact) mass is 386 g/mol. The number of methoxy groups -OCH3 is 1. The lowest BCUT2D eigenvalue weighted by Gasteiger charge is -2.28. The number of nitrogens with two attached hydrogens (primary N) is 1. The van der Waals surface area contributed by atoms with Crippen molar-refractivity contribution in [2.75, 3.05) is 44.9 Å². The molecular weight excluding hydrogens is 364 g/mol. The lowest BCUT2D eigenvalue weighted by Crippen LogP contribution is -2.49. The standard InChI is InChI=1S/C16H22N4O5.ClH/c1-24-13-3-2-11(15(22)18-6-9-25-8-5-17)10-12(13)20-7-4-14(21)19-16(20)23;/h2-3,10H,4-9,17H2,1H3,(H,18,22)(H,19,21,23);1H. The average Bonchev–Trinajstić information content (AvgIpc) is 2.61. The van der Waals surface area contributed by atoms with Crippen molar-refractivity contribution in [2.45, 2.75) is 6.42 Å². The Labute approximate surface area is 157 Å². The maximum Gasteiger partial charge on any atom is 0.328 e. The molecule has 1 fully saturated rings. The number of carbonyl (C=O) groups excluding carboxylic acids is 3. The molecule has 4 N–H and O–H groups in total. The Morgan fingerprint density at radius 2 is 2.12 bits per heavy atom. The van der Waals surface area contributed by atoms with Crippen molar-refractivity contribution in [1.82, 2.24) is 10.6 Å². The number of anilines is 1. The first-order valence-electron chi connectivity index (χ1n) is 7.92. The van der Waals surface area contributed by atoms with Crippen LogP contribution in [0.5, 0.6) is 5.75 Å². The summed E-state index contributed by atoms with van der Waals surface area (Å²) in [6.07, 6.45) is 0.184. The molecule has 9 nitrogen and oxygen atoms in total. The molecule has 1 aromatic carbocycles. The number of hydrogen-bond acceptors (Lipinski definition) is 6. The summed E-state index contributed by atoms with van der Waals surface area (Å²) in [5, 5.41) is 4.97. The Bertz CT molecular complexity index is 656. The first-order valence-corrected chi connectivity index (χ1v) is 7.92. The van der Waals surface area contributed by atoms with Crippen molar-refractivity contribution in [3.63, 3.8) is 0 Å². The second-order valence-corrected chi connectivity index (χ2v) is 5.30. The van der Waals surface area contributed by atoms with Gasteiger partial charge >= 0.3 is 6.03 Å². The number of benzene rings is 1. The van der Waals surface area contributed by atoms with Gasteiger partial charge in [0.2, 0.25) is 5.91 Å². The topological polar surface area (TPSA) is 123 Å². The van der Waals surface area contributed by atoms with Gasteiger partial charge in [-0.15, -0.1) is 12.4 Å². The van der Waals surface area contributed by atoms with Gasteiger partial charge in [-0.3, -0.25) is 19.8 Å². The molecule has 1 aromatic rings. The lowest BCUT2D eigenvalue weighted by molar-refractivity contribution is -0.120. The number of hydrogen-bond donors (Lipinski definition) is 3. The predicted octanol–water partition coefficient (Wildman–Crippen LogP) is 0.268. The minimum absolute atomic E-state index is 0. The van der Waals surface area contributed by atoms with Crippen LogP contribution in [-0.2, 0) is 9.53 Å². The van der Waals surface area contributed by atoms with Crippen LogP contribution in [0, 0.1) is 0 Å². The molecule has 0 saturated carbocycles. The predicted molar refractivity (Wildman–Crippen MR) is 98.0 cm³/mol. The molecule has 0 radical (unpaired) electrons. The molecule has 1 aliphatic heterocycles. The highest BCUT2D eigenvalue weighted by atomic mass is 35.5. The van der Waals surface area contributed by atoms with E-state index in [0.29, 0.717) is 43.3 Å². The van der Waals surface area contributed by atoms with Gasteiger partial charge in [0.25, 0.3) is 5.91 Å². The zero-order chi connectivity index (χ0) is 18.2. The average molecular weight is 387 g/mol. The fourth-order valence-corrected chi connectivity index (χ4v) is 2.36. The van der Waals surface area contributed by atoms with E-state index >= 15 is 0 Å². The number of nitrogens with zero attached hydrogens (tertiary/aromatic N) is 1. The molecule has 2 rings (SSSR count). The molecule has 0 aromatic heterocycles. The van der Waals surface area contributed by atoms with Crippen molar-refractivity contribution < 1.29 is 23.9 Å². The number of halogens is 1. The third kappa shape index (κ3) is 5.58. The fraction of sp³-hybridized carbons (Fsp3) is 0.438. The molecule has 0 unspecified atom stereocenters. The highest BCUT2D eigenvalue weighted by molar-refractivity contribution is 6.07. The van der Waals surface area contributed by atoms with E-state index < -0.39 is 6.03 Å². The molecular formula is C16H23ClN4O5. The summed E-state index contributed by atoms with van der Waals surface area (Å²) < 4.78 is 10.5. The molecule has 10 heteroatoms. The molecule has 0 atom stereocenters. The molecule has 4 amide bonds. The summed E-state index contributed by atoms with van der Waals surface area (Å²) in [4.78, 5) is 37.0. The van der Waals surface area contributed by atoms with E-state index in [2.05, 4.69) is 10.6 Å². The highest BCUT2D eigenvalue weighted by Crippen LogP contribution is 2.30. The van der Waals surface area contributed by atoms with Crippen LogP contribution in [0.25, 0.3) is 0 Å². The SMILES string of the molecule is COc1ccc(C(=O)NCCOCCN)cc1N1CCC(=O)NC1=O.Cl.